The fourth-order valence-corrected chi connectivity index (χ4v) is 15.6. The summed E-state index contributed by atoms with van der Waals surface area (Å²) in [7, 11) is 5.51. The van der Waals surface area contributed by atoms with Crippen LogP contribution in [0.4, 0.5) is 41.2 Å². The highest BCUT2D eigenvalue weighted by Gasteiger charge is 2.50. The van der Waals surface area contributed by atoms with Crippen LogP contribution >= 0.6 is 11.3 Å². The van der Waals surface area contributed by atoms with E-state index < -0.39 is 52.5 Å². The summed E-state index contributed by atoms with van der Waals surface area (Å²) in [6.45, 7) is 13.1. The molecular formula is C79H97F7N8O8S. The number of piperidine rings is 2. The number of fused-ring (bicyclic) bond motifs is 2. The second-order valence-electron chi connectivity index (χ2n) is 28.2. The first-order valence-corrected chi connectivity index (χ1v) is 36.9. The van der Waals surface area contributed by atoms with E-state index in [-0.39, 0.29) is 54.7 Å². The topological polar surface area (TPSA) is 148 Å². The van der Waals surface area contributed by atoms with Crippen molar-refractivity contribution in [2.45, 2.75) is 139 Å². The second-order valence-corrected chi connectivity index (χ2v) is 29.4. The van der Waals surface area contributed by atoms with Gasteiger partial charge in [0.1, 0.15) is 24.3 Å². The molecule has 3 aliphatic heterocycles. The fourth-order valence-electron chi connectivity index (χ4n) is 14.6. The molecule has 1 spiro atoms. The van der Waals surface area contributed by atoms with Crippen molar-refractivity contribution in [3.8, 4) is 11.1 Å². The minimum Gasteiger partial charge on any atom is -0.446 e. The van der Waals surface area contributed by atoms with E-state index in [1.807, 2.05) is 92.6 Å². The van der Waals surface area contributed by atoms with Crippen molar-refractivity contribution in [3.05, 3.63) is 182 Å². The Labute approximate surface area is 604 Å². The number of amides is 5. The molecule has 6 aromatic rings. The molecule has 0 unspecified atom stereocenters. The summed E-state index contributed by atoms with van der Waals surface area (Å²) in [5.74, 6) is -0.470. The molecule has 11 rings (SSSR count). The van der Waals surface area contributed by atoms with Crippen LogP contribution in [0, 0.1) is 11.7 Å². The third-order valence-corrected chi connectivity index (χ3v) is 22.0. The third-order valence-electron chi connectivity index (χ3n) is 20.9. The number of alkyl halides is 6. The molecule has 5 aromatic carbocycles. The molecule has 24 heteroatoms. The van der Waals surface area contributed by atoms with Gasteiger partial charge in [-0.05, 0) is 174 Å². The maximum Gasteiger partial charge on any atom is 0.416 e. The third kappa shape index (κ3) is 21.0. The summed E-state index contributed by atoms with van der Waals surface area (Å²) in [4.78, 5) is 79.2. The monoisotopic (exact) mass is 1450 g/mol. The van der Waals surface area contributed by atoms with E-state index in [0.29, 0.717) is 63.3 Å². The van der Waals surface area contributed by atoms with Crippen LogP contribution in [0.1, 0.15) is 144 Å². The van der Waals surface area contributed by atoms with Gasteiger partial charge in [-0.2, -0.15) is 26.3 Å². The van der Waals surface area contributed by atoms with Crippen molar-refractivity contribution in [1.82, 2.24) is 34.3 Å². The fraction of sp³-hybridized carbons (Fsp3) is 0.506. The zero-order valence-corrected chi connectivity index (χ0v) is 60.5. The van der Waals surface area contributed by atoms with Gasteiger partial charge in [-0.3, -0.25) is 29.4 Å². The number of unbranched alkanes of at least 4 members (excludes halogenated alkanes) is 2. The molecule has 1 N–H and O–H groups in total. The standard InChI is InChI=1S/C44H62N6O5S.C35H35F7N2O3/c1-34(51)46(2)25-13-26-48(4)43(53)41-22-21-38(56-41)33-50(32-35-19-20-35)27-12-6-9-18-42(52)47(3)30-31-49-28-23-37(24-29-49)55-44(54)45-40-17-11-10-16-39(40)36-14-7-5-8-15-36;1-2-46-30-19-23-5-3-4-6-29(23)32(30)11-14-43(15-12-32)16-13-33(25-7-9-28(36)10-8-25)21-44(22-47-33)31(45)24-17-26(34(37,38)39)20-27(18-24)35(40,41)42/h5,7-8,10-11,14-17,21-22,35,37H,6,9,12-13,18-20,23-33H2,1-4H3,(H,45,54);3-10,17-18,20,30H,2,11-16,19,21-22H2,1H3/t;30-,33-/m.0/s1. The number of ether oxygens (including phenoxy) is 3. The first-order valence-electron chi connectivity index (χ1n) is 36.1. The number of para-hydroxylation sites is 1. The van der Waals surface area contributed by atoms with Crippen LogP contribution in [-0.4, -0.2) is 189 Å². The number of carbonyl (C=O) groups is 5. The maximum atomic E-state index is 13.9. The molecule has 2 atom stereocenters. The predicted octanol–water partition coefficient (Wildman–Crippen LogP) is 14.9. The van der Waals surface area contributed by atoms with Crippen molar-refractivity contribution in [2.75, 3.05) is 118 Å². The van der Waals surface area contributed by atoms with E-state index in [0.717, 1.165) is 143 Å². The van der Waals surface area contributed by atoms with Crippen molar-refractivity contribution >= 4 is 46.7 Å². The Kier molecular flexibility index (Phi) is 26.7. The Hall–Kier alpha value is -7.74. The number of anilines is 1. The van der Waals surface area contributed by atoms with Gasteiger partial charge in [0.15, 0.2) is 0 Å². The lowest BCUT2D eigenvalue weighted by Gasteiger charge is -2.44. The number of hydrogen-bond acceptors (Lipinski definition) is 12. The number of likely N-dealkylation sites (tertiary alicyclic amines) is 2. The van der Waals surface area contributed by atoms with Crippen molar-refractivity contribution < 1.29 is 68.9 Å². The van der Waals surface area contributed by atoms with E-state index >= 15 is 0 Å². The second kappa shape index (κ2) is 35.4. The SMILES string of the molecule is CC(=O)N(C)CCCN(C)C(=O)c1ccc(CN(CCCCCC(=O)N(C)CCN2CCC(OC(=O)Nc3ccccc3-c3ccccc3)CC2)CC2CC2)s1.CCO[C@H]1Cc2ccccc2C12CCN(CC[C@@]1(c3ccc(F)cc3)CN(C(=O)c3cc(C(F)(F)F)cc(C(F)(F)F)c3)CO1)CC2. The number of likely N-dealkylation sites (N-methyl/N-ethyl adjacent to an activating group) is 1. The van der Waals surface area contributed by atoms with Crippen LogP contribution in [0.5, 0.6) is 0 Å². The number of thiophene rings is 1. The molecular weight excluding hydrogens is 1350 g/mol. The van der Waals surface area contributed by atoms with Crippen LogP contribution in [0.25, 0.3) is 11.1 Å². The lowest BCUT2D eigenvalue weighted by Crippen LogP contribution is -2.49. The van der Waals surface area contributed by atoms with Crippen molar-refractivity contribution in [3.63, 3.8) is 0 Å². The average Bonchev–Trinajstić information content (AvgIpc) is 1.66. The van der Waals surface area contributed by atoms with E-state index in [9.17, 15) is 54.7 Å². The van der Waals surface area contributed by atoms with Gasteiger partial charge < -0.3 is 43.6 Å². The zero-order chi connectivity index (χ0) is 73.5. The Balaban J connectivity index is 0.000000225. The summed E-state index contributed by atoms with van der Waals surface area (Å²) in [6, 6.07) is 36.6. The smallest absolute Gasteiger partial charge is 0.416 e. The maximum absolute atomic E-state index is 13.9. The average molecular weight is 1450 g/mol. The summed E-state index contributed by atoms with van der Waals surface area (Å²) in [6.07, 6.45) is 0.716. The molecule has 3 saturated heterocycles. The van der Waals surface area contributed by atoms with E-state index in [2.05, 4.69) is 44.3 Å². The van der Waals surface area contributed by atoms with Crippen LogP contribution in [-0.2, 0) is 60.1 Å². The molecule has 4 fully saturated rings. The van der Waals surface area contributed by atoms with Gasteiger partial charge in [-0.25, -0.2) is 9.18 Å². The van der Waals surface area contributed by atoms with Crippen LogP contribution in [0.2, 0.25) is 0 Å². The van der Waals surface area contributed by atoms with Crippen LogP contribution in [0.15, 0.2) is 133 Å². The molecule has 0 bridgehead atoms. The largest absolute Gasteiger partial charge is 0.446 e. The molecule has 0 radical (unpaired) electrons. The first-order chi connectivity index (χ1) is 49.3. The molecule has 5 aliphatic rings. The number of carbonyl (C=O) groups excluding carboxylic acids is 5. The van der Waals surface area contributed by atoms with Crippen LogP contribution in [0.3, 0.4) is 0 Å². The summed E-state index contributed by atoms with van der Waals surface area (Å²) < 4.78 is 113. The molecule has 1 saturated carbocycles. The number of halogens is 7. The molecule has 5 amide bonds. The van der Waals surface area contributed by atoms with E-state index in [1.165, 1.54) is 53.1 Å². The zero-order valence-electron chi connectivity index (χ0n) is 59.7. The summed E-state index contributed by atoms with van der Waals surface area (Å²) in [5, 5.41) is 2.95. The highest BCUT2D eigenvalue weighted by atomic mass is 32.1. The number of nitrogens with one attached hydrogen (secondary N) is 1. The van der Waals surface area contributed by atoms with Crippen molar-refractivity contribution in [2.24, 2.45) is 5.92 Å². The van der Waals surface area contributed by atoms with Gasteiger partial charge >= 0.3 is 18.4 Å². The molecule has 4 heterocycles. The Morgan fingerprint density at radius 3 is 2.03 bits per heavy atom. The number of rotatable bonds is 28. The first kappa shape index (κ1) is 77.9. The molecule has 16 nitrogen and oxygen atoms in total. The van der Waals surface area contributed by atoms with Gasteiger partial charge in [-0.15, -0.1) is 11.3 Å². The predicted molar refractivity (Wildman–Crippen MR) is 384 cm³/mol. The molecule has 103 heavy (non-hydrogen) atoms. The minimum atomic E-state index is -5.09. The highest BCUT2D eigenvalue weighted by Crippen LogP contribution is 2.49. The number of hydrogen-bond donors (Lipinski definition) is 1. The lowest BCUT2D eigenvalue weighted by molar-refractivity contribution is -0.143. The highest BCUT2D eigenvalue weighted by molar-refractivity contribution is 7.14. The molecule has 1 aromatic heterocycles. The van der Waals surface area contributed by atoms with E-state index in [1.54, 1.807) is 35.1 Å². The van der Waals surface area contributed by atoms with Crippen LogP contribution < -0.4 is 5.32 Å². The number of benzene rings is 5. The molecule has 2 aliphatic carbocycles. The van der Waals surface area contributed by atoms with Gasteiger partial charge in [0, 0.05) is 121 Å². The normalized spacial score (nSPS) is 18.5. The Bertz CT molecular complexity index is 3770. The summed E-state index contributed by atoms with van der Waals surface area (Å²) in [5.41, 5.74) is 0.798. The lowest BCUT2D eigenvalue weighted by atomic mass is 9.72. The summed E-state index contributed by atoms with van der Waals surface area (Å²) >= 11 is 1.58. The Morgan fingerprint density at radius 1 is 0.689 bits per heavy atom. The van der Waals surface area contributed by atoms with Crippen molar-refractivity contribution in [1.29, 1.82) is 0 Å². The van der Waals surface area contributed by atoms with Gasteiger partial charge in [0.2, 0.25) is 11.8 Å². The Morgan fingerprint density at radius 2 is 1.35 bits per heavy atom. The molecule has 556 valence electrons. The quantitative estimate of drug-likeness (QED) is 0.0370. The minimum absolute atomic E-state index is 0.0103. The van der Waals surface area contributed by atoms with E-state index in [4.69, 9.17) is 14.2 Å². The van der Waals surface area contributed by atoms with Gasteiger partial charge in [-0.1, -0.05) is 91.3 Å². The van der Waals surface area contributed by atoms with Gasteiger partial charge in [0.25, 0.3) is 11.8 Å². The van der Waals surface area contributed by atoms with Gasteiger partial charge in [0.05, 0.1) is 34.3 Å². The number of nitrogens with zero attached hydrogens (tertiary/aromatic N) is 7.